The van der Waals surface area contributed by atoms with Crippen molar-refractivity contribution in [3.8, 4) is 11.1 Å². The number of benzene rings is 1. The standard InChI is InChI=1S/C12H10N2O.C2H6O/c1-9-13-6-12(7-14-9)11-4-2-10(8-15)3-5-11;1-3-2/h2-8H,1H3;1-2H3. The molecule has 0 aliphatic carbocycles. The number of hydrogen-bond donors (Lipinski definition) is 0. The van der Waals surface area contributed by atoms with Crippen LogP contribution in [0.2, 0.25) is 0 Å². The number of rotatable bonds is 2. The quantitative estimate of drug-likeness (QED) is 0.762. The highest BCUT2D eigenvalue weighted by Gasteiger charge is 1.98. The number of aromatic nitrogens is 2. The van der Waals surface area contributed by atoms with Gasteiger partial charge in [0, 0.05) is 37.7 Å². The minimum absolute atomic E-state index is 0.673. The molecule has 0 aliphatic heterocycles. The summed E-state index contributed by atoms with van der Waals surface area (Å²) in [6.45, 7) is 1.85. The molecule has 0 amide bonds. The van der Waals surface area contributed by atoms with Gasteiger partial charge in [-0.1, -0.05) is 24.3 Å². The number of aryl methyl sites for hydroxylation is 1. The van der Waals surface area contributed by atoms with Gasteiger partial charge in [0.2, 0.25) is 0 Å². The van der Waals surface area contributed by atoms with E-state index >= 15 is 0 Å². The van der Waals surface area contributed by atoms with Crippen LogP contribution in [0, 0.1) is 6.92 Å². The van der Waals surface area contributed by atoms with Crippen molar-refractivity contribution in [3.63, 3.8) is 0 Å². The molecule has 0 bridgehead atoms. The number of methoxy groups -OCH3 is 1. The van der Waals surface area contributed by atoms with E-state index < -0.39 is 0 Å². The summed E-state index contributed by atoms with van der Waals surface area (Å²) in [6, 6.07) is 7.33. The topological polar surface area (TPSA) is 52.1 Å². The first-order chi connectivity index (χ1) is 8.71. The van der Waals surface area contributed by atoms with E-state index in [0.717, 1.165) is 23.2 Å². The van der Waals surface area contributed by atoms with Crippen molar-refractivity contribution in [3.05, 3.63) is 48.0 Å². The average molecular weight is 244 g/mol. The Morgan fingerprint density at radius 3 is 1.94 bits per heavy atom. The zero-order valence-electron chi connectivity index (χ0n) is 10.8. The van der Waals surface area contributed by atoms with Gasteiger partial charge in [-0.15, -0.1) is 0 Å². The van der Waals surface area contributed by atoms with Gasteiger partial charge >= 0.3 is 0 Å². The largest absolute Gasteiger partial charge is 0.388 e. The zero-order valence-corrected chi connectivity index (χ0v) is 10.8. The van der Waals surface area contributed by atoms with Gasteiger partial charge in [0.15, 0.2) is 0 Å². The highest BCUT2D eigenvalue weighted by atomic mass is 16.4. The first-order valence-electron chi connectivity index (χ1n) is 5.45. The Hall–Kier alpha value is -2.07. The third-order valence-corrected chi connectivity index (χ3v) is 2.16. The molecule has 94 valence electrons. The van der Waals surface area contributed by atoms with Gasteiger partial charge in [0.05, 0.1) is 0 Å². The van der Waals surface area contributed by atoms with Gasteiger partial charge < -0.3 is 4.74 Å². The molecule has 4 nitrogen and oxygen atoms in total. The average Bonchev–Trinajstić information content (AvgIpc) is 2.41. The van der Waals surface area contributed by atoms with E-state index in [-0.39, 0.29) is 0 Å². The van der Waals surface area contributed by atoms with Crippen molar-refractivity contribution < 1.29 is 9.53 Å². The Balaban J connectivity index is 0.000000492. The molecule has 18 heavy (non-hydrogen) atoms. The maximum atomic E-state index is 10.5. The molecule has 0 radical (unpaired) electrons. The van der Waals surface area contributed by atoms with Crippen LogP contribution < -0.4 is 0 Å². The lowest BCUT2D eigenvalue weighted by molar-refractivity contribution is 0.112. The molecule has 0 atom stereocenters. The number of ether oxygens (including phenoxy) is 1. The van der Waals surface area contributed by atoms with Crippen LogP contribution in [0.3, 0.4) is 0 Å². The number of nitrogens with zero attached hydrogens (tertiary/aromatic N) is 2. The molecule has 0 saturated heterocycles. The van der Waals surface area contributed by atoms with Crippen LogP contribution in [0.1, 0.15) is 16.2 Å². The fraction of sp³-hybridized carbons (Fsp3) is 0.214. The monoisotopic (exact) mass is 244 g/mol. The van der Waals surface area contributed by atoms with Crippen LogP contribution in [-0.2, 0) is 4.74 Å². The smallest absolute Gasteiger partial charge is 0.150 e. The fourth-order valence-electron chi connectivity index (χ4n) is 1.30. The SMILES string of the molecule is COC.Cc1ncc(-c2ccc(C=O)cc2)cn1. The highest BCUT2D eigenvalue weighted by Crippen LogP contribution is 2.17. The molecule has 0 spiro atoms. The van der Waals surface area contributed by atoms with Crippen molar-refractivity contribution in [1.82, 2.24) is 9.97 Å². The normalized spacial score (nSPS) is 9.28. The van der Waals surface area contributed by atoms with Crippen LogP contribution in [0.5, 0.6) is 0 Å². The van der Waals surface area contributed by atoms with Crippen LogP contribution in [-0.4, -0.2) is 30.5 Å². The van der Waals surface area contributed by atoms with Crippen molar-refractivity contribution >= 4 is 6.29 Å². The minimum atomic E-state index is 0.673. The van der Waals surface area contributed by atoms with Crippen molar-refractivity contribution in [2.45, 2.75) is 6.92 Å². The van der Waals surface area contributed by atoms with Crippen molar-refractivity contribution in [2.75, 3.05) is 14.2 Å². The summed E-state index contributed by atoms with van der Waals surface area (Å²) in [5, 5.41) is 0. The van der Waals surface area contributed by atoms with E-state index in [1.54, 1.807) is 38.7 Å². The first kappa shape index (κ1) is 14.0. The van der Waals surface area contributed by atoms with Crippen molar-refractivity contribution in [2.24, 2.45) is 0 Å². The number of carbonyl (C=O) groups is 1. The lowest BCUT2D eigenvalue weighted by atomic mass is 10.1. The summed E-state index contributed by atoms with van der Waals surface area (Å²) in [4.78, 5) is 18.7. The zero-order chi connectivity index (χ0) is 13.4. The van der Waals surface area contributed by atoms with Gasteiger partial charge in [0.1, 0.15) is 12.1 Å². The summed E-state index contributed by atoms with van der Waals surface area (Å²) in [7, 11) is 3.25. The van der Waals surface area contributed by atoms with Crippen molar-refractivity contribution in [1.29, 1.82) is 0 Å². The summed E-state index contributed by atoms with van der Waals surface area (Å²) in [5.41, 5.74) is 2.64. The fourth-order valence-corrected chi connectivity index (χ4v) is 1.30. The van der Waals surface area contributed by atoms with Crippen LogP contribution >= 0.6 is 0 Å². The predicted octanol–water partition coefficient (Wildman–Crippen LogP) is 2.53. The van der Waals surface area contributed by atoms with E-state index in [0.29, 0.717) is 5.56 Å². The first-order valence-corrected chi connectivity index (χ1v) is 5.45. The third-order valence-electron chi connectivity index (χ3n) is 2.16. The second kappa shape index (κ2) is 7.29. The molecule has 1 aromatic carbocycles. The molecule has 1 aromatic heterocycles. The third kappa shape index (κ3) is 4.07. The number of aldehydes is 1. The Labute approximate surface area is 107 Å². The number of carbonyl (C=O) groups excluding carboxylic acids is 1. The second-order valence-corrected chi connectivity index (χ2v) is 3.67. The van der Waals surface area contributed by atoms with E-state index in [1.165, 1.54) is 0 Å². The molecule has 1 heterocycles. The van der Waals surface area contributed by atoms with Gasteiger partial charge in [0.25, 0.3) is 0 Å². The summed E-state index contributed by atoms with van der Waals surface area (Å²) in [6.07, 6.45) is 4.38. The molecular weight excluding hydrogens is 228 g/mol. The molecule has 0 N–H and O–H groups in total. The van der Waals surface area contributed by atoms with Gasteiger partial charge in [-0.2, -0.15) is 0 Å². The lowest BCUT2D eigenvalue weighted by Gasteiger charge is -2.00. The molecular formula is C14H16N2O2. The predicted molar refractivity (Wildman–Crippen MR) is 70.5 cm³/mol. The Kier molecular flexibility index (Phi) is 5.67. The van der Waals surface area contributed by atoms with Gasteiger partial charge in [-0.25, -0.2) is 9.97 Å². The minimum Gasteiger partial charge on any atom is -0.388 e. The molecule has 0 fully saturated rings. The van der Waals surface area contributed by atoms with Gasteiger partial charge in [-0.05, 0) is 12.5 Å². The summed E-state index contributed by atoms with van der Waals surface area (Å²) < 4.78 is 4.25. The maximum Gasteiger partial charge on any atom is 0.150 e. The van der Waals surface area contributed by atoms with E-state index in [9.17, 15) is 4.79 Å². The molecule has 2 rings (SSSR count). The maximum absolute atomic E-state index is 10.5. The summed E-state index contributed by atoms with van der Waals surface area (Å²) in [5.74, 6) is 0.753. The van der Waals surface area contributed by atoms with E-state index in [1.807, 2.05) is 19.1 Å². The highest BCUT2D eigenvalue weighted by molar-refractivity contribution is 5.76. The van der Waals surface area contributed by atoms with Crippen LogP contribution in [0.25, 0.3) is 11.1 Å². The van der Waals surface area contributed by atoms with E-state index in [4.69, 9.17) is 0 Å². The molecule has 0 unspecified atom stereocenters. The molecule has 0 aliphatic rings. The summed E-state index contributed by atoms with van der Waals surface area (Å²) >= 11 is 0. The van der Waals surface area contributed by atoms with E-state index in [2.05, 4.69) is 14.7 Å². The Morgan fingerprint density at radius 2 is 1.50 bits per heavy atom. The van der Waals surface area contributed by atoms with Crippen LogP contribution in [0.15, 0.2) is 36.7 Å². The second-order valence-electron chi connectivity index (χ2n) is 3.67. The Bertz CT molecular complexity index is 478. The molecule has 4 heteroatoms. The van der Waals surface area contributed by atoms with Gasteiger partial charge in [-0.3, -0.25) is 4.79 Å². The molecule has 0 saturated carbocycles. The number of hydrogen-bond acceptors (Lipinski definition) is 4. The Morgan fingerprint density at radius 1 is 1.00 bits per heavy atom. The lowest BCUT2D eigenvalue weighted by Crippen LogP contribution is -1.88. The molecule has 2 aromatic rings. The van der Waals surface area contributed by atoms with Crippen LogP contribution in [0.4, 0.5) is 0 Å².